The van der Waals surface area contributed by atoms with Gasteiger partial charge in [0.1, 0.15) is 0 Å². The minimum absolute atomic E-state index is 1.05. The highest BCUT2D eigenvalue weighted by Crippen LogP contribution is 2.42. The predicted molar refractivity (Wildman–Crippen MR) is 144 cm³/mol. The second-order valence-corrected chi connectivity index (χ2v) is 8.91. The zero-order valence-corrected chi connectivity index (χ0v) is 19.1. The Kier molecular flexibility index (Phi) is 4.16. The molecule has 2 aromatic heterocycles. The Hall–Kier alpha value is -4.30. The average molecular weight is 437 g/mol. The van der Waals surface area contributed by atoms with E-state index in [4.69, 9.17) is 0 Å². The van der Waals surface area contributed by atoms with Crippen LogP contribution in [0.5, 0.6) is 0 Å². The zero-order chi connectivity index (χ0) is 22.6. The van der Waals surface area contributed by atoms with Crippen molar-refractivity contribution in [1.29, 1.82) is 0 Å². The van der Waals surface area contributed by atoms with Gasteiger partial charge in [-0.1, -0.05) is 73.7 Å². The van der Waals surface area contributed by atoms with Gasteiger partial charge in [-0.15, -0.1) is 0 Å². The quantitative estimate of drug-likeness (QED) is 0.263. The SMILES string of the molecule is CCc1ccc(-n2c3ccccc3c3c4c5ccccc5n(-c5ccccc5)c4ccc32)cc1. The van der Waals surface area contributed by atoms with Crippen molar-refractivity contribution in [2.24, 2.45) is 0 Å². The molecule has 0 aliphatic heterocycles. The molecule has 0 bridgehead atoms. The summed E-state index contributed by atoms with van der Waals surface area (Å²) in [5.74, 6) is 0. The first kappa shape index (κ1) is 19.2. The molecule has 0 fully saturated rings. The number of para-hydroxylation sites is 3. The lowest BCUT2D eigenvalue weighted by Gasteiger charge is -2.09. The van der Waals surface area contributed by atoms with Crippen molar-refractivity contribution in [2.75, 3.05) is 0 Å². The topological polar surface area (TPSA) is 9.86 Å². The van der Waals surface area contributed by atoms with Crippen LogP contribution < -0.4 is 0 Å². The maximum atomic E-state index is 2.41. The third-order valence-electron chi connectivity index (χ3n) is 7.09. The Morgan fingerprint density at radius 1 is 0.441 bits per heavy atom. The van der Waals surface area contributed by atoms with Crippen LogP contribution in [0.25, 0.3) is 55.0 Å². The van der Waals surface area contributed by atoms with Gasteiger partial charge in [-0.3, -0.25) is 0 Å². The molecule has 0 saturated carbocycles. The molecule has 0 atom stereocenters. The second-order valence-electron chi connectivity index (χ2n) is 8.91. The summed E-state index contributed by atoms with van der Waals surface area (Å²) in [5.41, 5.74) is 8.71. The van der Waals surface area contributed by atoms with Gasteiger partial charge in [0, 0.05) is 32.9 Å². The lowest BCUT2D eigenvalue weighted by molar-refractivity contribution is 1.12. The van der Waals surface area contributed by atoms with Gasteiger partial charge in [0.15, 0.2) is 0 Å². The van der Waals surface area contributed by atoms with Gasteiger partial charge in [-0.05, 0) is 60.5 Å². The first-order valence-electron chi connectivity index (χ1n) is 11.9. The molecule has 34 heavy (non-hydrogen) atoms. The minimum Gasteiger partial charge on any atom is -0.309 e. The van der Waals surface area contributed by atoms with Crippen LogP contribution in [-0.4, -0.2) is 9.13 Å². The molecule has 7 rings (SSSR count). The summed E-state index contributed by atoms with van der Waals surface area (Å²) in [6.07, 6.45) is 1.05. The lowest BCUT2D eigenvalue weighted by atomic mass is 10.1. The smallest absolute Gasteiger partial charge is 0.0548 e. The van der Waals surface area contributed by atoms with Crippen molar-refractivity contribution < 1.29 is 0 Å². The van der Waals surface area contributed by atoms with Crippen molar-refractivity contribution in [1.82, 2.24) is 9.13 Å². The Bertz CT molecular complexity index is 1820. The number of nitrogens with zero attached hydrogens (tertiary/aromatic N) is 2. The van der Waals surface area contributed by atoms with Crippen molar-refractivity contribution in [3.05, 3.63) is 121 Å². The first-order valence-corrected chi connectivity index (χ1v) is 11.9. The zero-order valence-electron chi connectivity index (χ0n) is 19.1. The summed E-state index contributed by atoms with van der Waals surface area (Å²) in [6, 6.07) is 41.8. The van der Waals surface area contributed by atoms with Gasteiger partial charge >= 0.3 is 0 Å². The van der Waals surface area contributed by atoms with Crippen LogP contribution in [-0.2, 0) is 6.42 Å². The molecule has 2 heterocycles. The van der Waals surface area contributed by atoms with Crippen LogP contribution in [0.4, 0.5) is 0 Å². The number of hydrogen-bond acceptors (Lipinski definition) is 0. The molecule has 2 nitrogen and oxygen atoms in total. The third-order valence-corrected chi connectivity index (χ3v) is 7.09. The minimum atomic E-state index is 1.05. The van der Waals surface area contributed by atoms with E-state index in [-0.39, 0.29) is 0 Å². The Morgan fingerprint density at radius 2 is 0.912 bits per heavy atom. The predicted octanol–water partition coefficient (Wildman–Crippen LogP) is 8.44. The van der Waals surface area contributed by atoms with Crippen LogP contribution in [0.1, 0.15) is 12.5 Å². The van der Waals surface area contributed by atoms with E-state index in [0.29, 0.717) is 0 Å². The van der Waals surface area contributed by atoms with Crippen molar-refractivity contribution in [3.63, 3.8) is 0 Å². The van der Waals surface area contributed by atoms with Crippen LogP contribution in [0.2, 0.25) is 0 Å². The summed E-state index contributed by atoms with van der Waals surface area (Å²) in [7, 11) is 0. The molecule has 0 N–H and O–H groups in total. The average Bonchev–Trinajstić information content (AvgIpc) is 3.42. The first-order chi connectivity index (χ1) is 16.8. The highest BCUT2D eigenvalue weighted by Gasteiger charge is 2.19. The maximum absolute atomic E-state index is 2.41. The molecule has 0 unspecified atom stereocenters. The summed E-state index contributed by atoms with van der Waals surface area (Å²) >= 11 is 0. The van der Waals surface area contributed by atoms with Crippen molar-refractivity contribution >= 4 is 43.6 Å². The summed E-state index contributed by atoms with van der Waals surface area (Å²) in [4.78, 5) is 0. The van der Waals surface area contributed by atoms with E-state index in [0.717, 1.165) is 6.42 Å². The fourth-order valence-electron chi connectivity index (χ4n) is 5.53. The molecule has 0 aliphatic rings. The van der Waals surface area contributed by atoms with Gasteiger partial charge in [0.05, 0.1) is 22.1 Å². The van der Waals surface area contributed by atoms with Crippen LogP contribution in [0.15, 0.2) is 115 Å². The molecule has 7 aromatic rings. The highest BCUT2D eigenvalue weighted by atomic mass is 15.0. The number of fused-ring (bicyclic) bond motifs is 7. The van der Waals surface area contributed by atoms with E-state index in [2.05, 4.69) is 131 Å². The molecule has 162 valence electrons. The normalized spacial score (nSPS) is 11.8. The number of aryl methyl sites for hydroxylation is 1. The van der Waals surface area contributed by atoms with E-state index in [1.54, 1.807) is 0 Å². The molecule has 0 radical (unpaired) electrons. The van der Waals surface area contributed by atoms with E-state index < -0.39 is 0 Å². The molecular weight excluding hydrogens is 412 g/mol. The number of aromatic nitrogens is 2. The molecule has 0 aliphatic carbocycles. The van der Waals surface area contributed by atoms with Crippen molar-refractivity contribution in [2.45, 2.75) is 13.3 Å². The molecule has 0 saturated heterocycles. The Labute approximate surface area is 198 Å². The third kappa shape index (κ3) is 2.63. The van der Waals surface area contributed by atoms with Gasteiger partial charge < -0.3 is 9.13 Å². The Morgan fingerprint density at radius 3 is 1.44 bits per heavy atom. The van der Waals surface area contributed by atoms with E-state index >= 15 is 0 Å². The maximum Gasteiger partial charge on any atom is 0.0548 e. The second kappa shape index (κ2) is 7.36. The Balaban J connectivity index is 1.68. The number of rotatable bonds is 3. The van der Waals surface area contributed by atoms with Crippen LogP contribution in [0.3, 0.4) is 0 Å². The standard InChI is InChI=1S/C32H24N2/c1-2-22-16-18-24(19-17-22)34-28-15-9-7-13-26(28)32-30(34)21-20-29-31(32)25-12-6-8-14-27(25)33(29)23-10-4-3-5-11-23/h3-21H,2H2,1H3. The van der Waals surface area contributed by atoms with Gasteiger partial charge in [-0.25, -0.2) is 0 Å². The molecule has 2 heteroatoms. The van der Waals surface area contributed by atoms with Crippen molar-refractivity contribution in [3.8, 4) is 11.4 Å². The van der Waals surface area contributed by atoms with Gasteiger partial charge in [0.2, 0.25) is 0 Å². The summed E-state index contributed by atoms with van der Waals surface area (Å²) in [5, 5.41) is 5.21. The summed E-state index contributed by atoms with van der Waals surface area (Å²) < 4.78 is 4.81. The van der Waals surface area contributed by atoms with Gasteiger partial charge in [-0.2, -0.15) is 0 Å². The molecule has 0 spiro atoms. The largest absolute Gasteiger partial charge is 0.309 e. The number of benzene rings is 5. The fraction of sp³-hybridized carbons (Fsp3) is 0.0625. The van der Waals surface area contributed by atoms with Gasteiger partial charge in [0.25, 0.3) is 0 Å². The van der Waals surface area contributed by atoms with E-state index in [1.165, 1.54) is 60.5 Å². The lowest BCUT2D eigenvalue weighted by Crippen LogP contribution is -1.95. The number of hydrogen-bond donors (Lipinski definition) is 0. The monoisotopic (exact) mass is 436 g/mol. The van der Waals surface area contributed by atoms with Crippen LogP contribution in [0, 0.1) is 0 Å². The molecule has 5 aromatic carbocycles. The molecule has 0 amide bonds. The fourth-order valence-corrected chi connectivity index (χ4v) is 5.53. The molecular formula is C32H24N2. The summed E-state index contributed by atoms with van der Waals surface area (Å²) in [6.45, 7) is 2.20. The van der Waals surface area contributed by atoms with E-state index in [1.807, 2.05) is 0 Å². The van der Waals surface area contributed by atoms with E-state index in [9.17, 15) is 0 Å². The highest BCUT2D eigenvalue weighted by molar-refractivity contribution is 6.28. The van der Waals surface area contributed by atoms with Crippen LogP contribution >= 0.6 is 0 Å².